The number of rotatable bonds is 5. The van der Waals surface area contributed by atoms with Crippen LogP contribution >= 0.6 is 0 Å². The summed E-state index contributed by atoms with van der Waals surface area (Å²) < 4.78 is 7.76. The van der Waals surface area contributed by atoms with E-state index in [4.69, 9.17) is 4.74 Å². The number of methoxy groups -OCH3 is 1. The number of ether oxygens (including phenoxy) is 1. The van der Waals surface area contributed by atoms with Crippen LogP contribution in [0.25, 0.3) is 22.2 Å². The molecule has 0 spiro atoms. The van der Waals surface area contributed by atoms with Crippen LogP contribution in [0.15, 0.2) is 78.9 Å². The van der Waals surface area contributed by atoms with Crippen molar-refractivity contribution in [3.8, 4) is 17.0 Å². The summed E-state index contributed by atoms with van der Waals surface area (Å²) in [5.74, 6) is 0.725. The van der Waals surface area contributed by atoms with Crippen LogP contribution in [0.2, 0.25) is 0 Å². The highest BCUT2D eigenvalue weighted by Gasteiger charge is 2.12. The molecule has 0 aliphatic heterocycles. The van der Waals surface area contributed by atoms with Gasteiger partial charge in [0.25, 0.3) is 0 Å². The molecule has 3 heteroatoms. The van der Waals surface area contributed by atoms with Crippen LogP contribution in [-0.4, -0.2) is 16.8 Å². The van der Waals surface area contributed by atoms with Gasteiger partial charge in [-0.05, 0) is 29.3 Å². The Kier molecular flexibility index (Phi) is 4.46. The average molecular weight is 343 g/mol. The van der Waals surface area contributed by atoms with Gasteiger partial charge in [0.2, 0.25) is 0 Å². The minimum Gasteiger partial charge on any atom is -0.496 e. The van der Waals surface area contributed by atoms with Crippen molar-refractivity contribution in [2.24, 2.45) is 0 Å². The van der Waals surface area contributed by atoms with Gasteiger partial charge in [-0.3, -0.25) is 0 Å². The van der Waals surface area contributed by atoms with E-state index in [0.29, 0.717) is 0 Å². The van der Waals surface area contributed by atoms with Gasteiger partial charge in [-0.15, -0.1) is 0 Å². The summed E-state index contributed by atoms with van der Waals surface area (Å²) in [6.45, 7) is 0.713. The number of benzene rings is 3. The number of para-hydroxylation sites is 1. The second kappa shape index (κ2) is 7.06. The molecule has 4 aromatic rings. The average Bonchev–Trinajstić information content (AvgIpc) is 3.07. The van der Waals surface area contributed by atoms with Crippen LogP contribution < -0.4 is 4.74 Å². The van der Waals surface area contributed by atoms with Gasteiger partial charge in [0.05, 0.1) is 13.7 Å². The lowest BCUT2D eigenvalue weighted by atomic mass is 10.1. The molecule has 1 heterocycles. The van der Waals surface area contributed by atoms with Crippen molar-refractivity contribution in [1.82, 2.24) is 4.57 Å². The first-order valence-corrected chi connectivity index (χ1v) is 8.70. The minimum atomic E-state index is -0.0226. The molecule has 3 aromatic carbocycles. The number of fused-ring (bicyclic) bond motifs is 1. The maximum absolute atomic E-state index is 9.45. The summed E-state index contributed by atoms with van der Waals surface area (Å²) in [6.07, 6.45) is 0. The van der Waals surface area contributed by atoms with Gasteiger partial charge in [0.15, 0.2) is 0 Å². The largest absolute Gasteiger partial charge is 0.496 e. The molecule has 1 aromatic heterocycles. The zero-order chi connectivity index (χ0) is 17.9. The predicted molar refractivity (Wildman–Crippen MR) is 105 cm³/mol. The van der Waals surface area contributed by atoms with E-state index in [1.807, 2.05) is 18.2 Å². The Balaban J connectivity index is 1.83. The molecule has 0 unspecified atom stereocenters. The standard InChI is InChI=1S/C23H21NO2/c1-26-23-13-17(11-12-20(23)16-25)15-24-21-10-6-5-9-19(21)14-22(24)18-7-3-2-4-8-18/h2-14,25H,15-16H2,1H3. The van der Waals surface area contributed by atoms with Crippen molar-refractivity contribution in [3.63, 3.8) is 0 Å². The molecular formula is C23H21NO2. The molecule has 3 nitrogen and oxygen atoms in total. The van der Waals surface area contributed by atoms with Crippen molar-refractivity contribution >= 4 is 10.9 Å². The number of aromatic nitrogens is 1. The van der Waals surface area contributed by atoms with Gasteiger partial charge in [0, 0.05) is 28.7 Å². The summed E-state index contributed by atoms with van der Waals surface area (Å²) in [5.41, 5.74) is 5.53. The Morgan fingerprint density at radius 2 is 1.65 bits per heavy atom. The summed E-state index contributed by atoms with van der Waals surface area (Å²) in [4.78, 5) is 0. The Bertz CT molecular complexity index is 1030. The van der Waals surface area contributed by atoms with Crippen molar-refractivity contribution < 1.29 is 9.84 Å². The highest BCUT2D eigenvalue weighted by Crippen LogP contribution is 2.30. The predicted octanol–water partition coefficient (Wildman–Crippen LogP) is 4.86. The summed E-state index contributed by atoms with van der Waals surface area (Å²) in [6, 6.07) is 27.1. The third-order valence-electron chi connectivity index (χ3n) is 4.74. The summed E-state index contributed by atoms with van der Waals surface area (Å²) in [7, 11) is 1.64. The Hall–Kier alpha value is -3.04. The van der Waals surface area contributed by atoms with E-state index in [-0.39, 0.29) is 6.61 Å². The van der Waals surface area contributed by atoms with E-state index in [1.165, 1.54) is 22.2 Å². The molecule has 0 bridgehead atoms. The first-order valence-electron chi connectivity index (χ1n) is 8.70. The third kappa shape index (κ3) is 2.98. The minimum absolute atomic E-state index is 0.0226. The molecule has 0 saturated carbocycles. The van der Waals surface area contributed by atoms with E-state index < -0.39 is 0 Å². The van der Waals surface area contributed by atoms with E-state index in [9.17, 15) is 5.11 Å². The van der Waals surface area contributed by atoms with Crippen molar-refractivity contribution in [2.45, 2.75) is 13.2 Å². The fourth-order valence-electron chi connectivity index (χ4n) is 3.43. The Labute approximate surface area is 153 Å². The smallest absolute Gasteiger partial charge is 0.124 e. The zero-order valence-corrected chi connectivity index (χ0v) is 14.7. The number of aliphatic hydroxyl groups excluding tert-OH is 1. The molecule has 0 aliphatic carbocycles. The van der Waals surface area contributed by atoms with Crippen molar-refractivity contribution in [2.75, 3.05) is 7.11 Å². The summed E-state index contributed by atoms with van der Waals surface area (Å²) in [5, 5.41) is 10.7. The van der Waals surface area contributed by atoms with E-state index >= 15 is 0 Å². The second-order valence-electron chi connectivity index (χ2n) is 6.34. The fourth-order valence-corrected chi connectivity index (χ4v) is 3.43. The van der Waals surface area contributed by atoms with Gasteiger partial charge < -0.3 is 14.4 Å². The maximum atomic E-state index is 9.45. The normalized spacial score (nSPS) is 11.0. The highest BCUT2D eigenvalue weighted by molar-refractivity contribution is 5.87. The maximum Gasteiger partial charge on any atom is 0.124 e. The van der Waals surface area contributed by atoms with Crippen LogP contribution in [0.3, 0.4) is 0 Å². The van der Waals surface area contributed by atoms with Crippen molar-refractivity contribution in [3.05, 3.63) is 90.0 Å². The molecule has 0 atom stereocenters. The molecule has 0 aliphatic rings. The highest BCUT2D eigenvalue weighted by atomic mass is 16.5. The van der Waals surface area contributed by atoms with Gasteiger partial charge in [-0.25, -0.2) is 0 Å². The number of aliphatic hydroxyl groups is 1. The van der Waals surface area contributed by atoms with Gasteiger partial charge in [-0.2, -0.15) is 0 Å². The van der Waals surface area contributed by atoms with Crippen LogP contribution in [-0.2, 0) is 13.2 Å². The molecule has 4 rings (SSSR count). The Morgan fingerprint density at radius 1 is 0.885 bits per heavy atom. The lowest BCUT2D eigenvalue weighted by molar-refractivity contribution is 0.273. The molecular weight excluding hydrogens is 322 g/mol. The third-order valence-corrected chi connectivity index (χ3v) is 4.74. The monoisotopic (exact) mass is 343 g/mol. The van der Waals surface area contributed by atoms with Crippen LogP contribution in [0.1, 0.15) is 11.1 Å². The first-order chi connectivity index (χ1) is 12.8. The van der Waals surface area contributed by atoms with E-state index in [0.717, 1.165) is 23.4 Å². The Morgan fingerprint density at radius 3 is 2.42 bits per heavy atom. The van der Waals surface area contributed by atoms with Gasteiger partial charge >= 0.3 is 0 Å². The van der Waals surface area contributed by atoms with Crippen LogP contribution in [0.4, 0.5) is 0 Å². The topological polar surface area (TPSA) is 34.4 Å². The molecule has 26 heavy (non-hydrogen) atoms. The molecule has 0 fully saturated rings. The number of nitrogens with zero attached hydrogens (tertiary/aromatic N) is 1. The first kappa shape index (κ1) is 16.4. The second-order valence-corrected chi connectivity index (χ2v) is 6.34. The fraction of sp³-hybridized carbons (Fsp3) is 0.130. The molecule has 0 amide bonds. The van der Waals surface area contributed by atoms with Gasteiger partial charge in [-0.1, -0.05) is 60.7 Å². The molecule has 0 saturated heterocycles. The SMILES string of the molecule is COc1cc(Cn2c(-c3ccccc3)cc3ccccc32)ccc1CO. The lowest BCUT2D eigenvalue weighted by Gasteiger charge is -2.13. The molecule has 1 N–H and O–H groups in total. The zero-order valence-electron chi connectivity index (χ0n) is 14.7. The molecule has 130 valence electrons. The number of hydrogen-bond donors (Lipinski definition) is 1. The van der Waals surface area contributed by atoms with Crippen molar-refractivity contribution in [1.29, 1.82) is 0 Å². The summed E-state index contributed by atoms with van der Waals surface area (Å²) >= 11 is 0. The van der Waals surface area contributed by atoms with E-state index in [1.54, 1.807) is 7.11 Å². The van der Waals surface area contributed by atoms with E-state index in [2.05, 4.69) is 65.2 Å². The number of hydrogen-bond acceptors (Lipinski definition) is 2. The van der Waals surface area contributed by atoms with Crippen LogP contribution in [0, 0.1) is 0 Å². The van der Waals surface area contributed by atoms with Gasteiger partial charge in [0.1, 0.15) is 5.75 Å². The van der Waals surface area contributed by atoms with Crippen LogP contribution in [0.5, 0.6) is 5.75 Å². The molecule has 0 radical (unpaired) electrons. The quantitative estimate of drug-likeness (QED) is 0.562. The lowest BCUT2D eigenvalue weighted by Crippen LogP contribution is -2.03.